The molecule has 98 valence electrons. The van der Waals surface area contributed by atoms with Gasteiger partial charge in [0, 0.05) is 19.2 Å². The highest BCUT2D eigenvalue weighted by molar-refractivity contribution is 5.94. The van der Waals surface area contributed by atoms with Crippen LogP contribution in [-0.2, 0) is 6.54 Å². The summed E-state index contributed by atoms with van der Waals surface area (Å²) in [4.78, 5) is 14.1. The van der Waals surface area contributed by atoms with Crippen LogP contribution in [0.3, 0.4) is 0 Å². The van der Waals surface area contributed by atoms with Crippen LogP contribution in [-0.4, -0.2) is 17.9 Å². The van der Waals surface area contributed by atoms with Gasteiger partial charge < -0.3 is 4.90 Å². The topological polar surface area (TPSA) is 20.3 Å². The van der Waals surface area contributed by atoms with Crippen molar-refractivity contribution in [1.29, 1.82) is 0 Å². The molecule has 0 bridgehead atoms. The Bertz CT molecular complexity index is 555. The smallest absolute Gasteiger partial charge is 0.253 e. The maximum Gasteiger partial charge on any atom is 0.253 e. The van der Waals surface area contributed by atoms with Gasteiger partial charge in [-0.3, -0.25) is 4.79 Å². The minimum atomic E-state index is 0.0654. The fourth-order valence-electron chi connectivity index (χ4n) is 2.25. The van der Waals surface area contributed by atoms with E-state index < -0.39 is 0 Å². The molecule has 0 saturated heterocycles. The summed E-state index contributed by atoms with van der Waals surface area (Å²) in [7, 11) is 1.84. The Morgan fingerprint density at radius 1 is 1.00 bits per heavy atom. The third kappa shape index (κ3) is 3.44. The lowest BCUT2D eigenvalue weighted by Crippen LogP contribution is -2.26. The average Bonchev–Trinajstić information content (AvgIpc) is 2.37. The highest BCUT2D eigenvalue weighted by Crippen LogP contribution is 2.12. The van der Waals surface area contributed by atoms with Gasteiger partial charge in [0.15, 0.2) is 0 Å². The van der Waals surface area contributed by atoms with Gasteiger partial charge >= 0.3 is 0 Å². The second-order valence-corrected chi connectivity index (χ2v) is 5.02. The van der Waals surface area contributed by atoms with Crippen molar-refractivity contribution in [3.63, 3.8) is 0 Å². The van der Waals surface area contributed by atoms with Gasteiger partial charge in [0.05, 0.1) is 0 Å². The SMILES string of the molecule is Cc1cc(C)cc(C(=O)N(C)Cc2ccccc2)c1. The maximum atomic E-state index is 12.4. The Balaban J connectivity index is 2.15. The van der Waals surface area contributed by atoms with Crippen LogP contribution in [0.1, 0.15) is 27.0 Å². The van der Waals surface area contributed by atoms with E-state index in [1.807, 2.05) is 63.4 Å². The molecule has 2 aromatic rings. The number of carbonyl (C=O) groups excluding carboxylic acids is 1. The Hall–Kier alpha value is -2.09. The molecule has 0 saturated carbocycles. The van der Waals surface area contributed by atoms with Crippen molar-refractivity contribution in [1.82, 2.24) is 4.90 Å². The summed E-state index contributed by atoms with van der Waals surface area (Å²) >= 11 is 0. The quantitative estimate of drug-likeness (QED) is 0.818. The average molecular weight is 253 g/mol. The summed E-state index contributed by atoms with van der Waals surface area (Å²) in [6.45, 7) is 4.66. The van der Waals surface area contributed by atoms with Gasteiger partial charge in [0.2, 0.25) is 0 Å². The highest BCUT2D eigenvalue weighted by atomic mass is 16.2. The maximum absolute atomic E-state index is 12.4. The van der Waals surface area contributed by atoms with E-state index in [4.69, 9.17) is 0 Å². The van der Waals surface area contributed by atoms with E-state index in [-0.39, 0.29) is 5.91 Å². The normalized spacial score (nSPS) is 10.3. The van der Waals surface area contributed by atoms with E-state index in [1.165, 1.54) is 0 Å². The highest BCUT2D eigenvalue weighted by Gasteiger charge is 2.12. The second kappa shape index (κ2) is 5.70. The Labute approximate surface area is 114 Å². The first kappa shape index (κ1) is 13.3. The zero-order valence-corrected chi connectivity index (χ0v) is 11.7. The van der Waals surface area contributed by atoms with Crippen LogP contribution < -0.4 is 0 Å². The van der Waals surface area contributed by atoms with E-state index in [0.717, 1.165) is 22.3 Å². The predicted octanol–water partition coefficient (Wildman–Crippen LogP) is 3.58. The lowest BCUT2D eigenvalue weighted by atomic mass is 10.1. The molecule has 0 atom stereocenters. The molecule has 2 rings (SSSR count). The molecule has 0 aromatic heterocycles. The van der Waals surface area contributed by atoms with E-state index >= 15 is 0 Å². The fourth-order valence-corrected chi connectivity index (χ4v) is 2.25. The van der Waals surface area contributed by atoms with Crippen LogP contribution in [0.2, 0.25) is 0 Å². The monoisotopic (exact) mass is 253 g/mol. The standard InChI is InChI=1S/C17H19NO/c1-13-9-14(2)11-16(10-13)17(19)18(3)12-15-7-5-4-6-8-15/h4-11H,12H2,1-3H3. The van der Waals surface area contributed by atoms with Crippen molar-refractivity contribution >= 4 is 5.91 Å². The van der Waals surface area contributed by atoms with Crippen molar-refractivity contribution < 1.29 is 4.79 Å². The first-order chi connectivity index (χ1) is 9.06. The first-order valence-corrected chi connectivity index (χ1v) is 6.44. The molecule has 0 aliphatic rings. The van der Waals surface area contributed by atoms with Crippen LogP contribution in [0.5, 0.6) is 0 Å². The minimum Gasteiger partial charge on any atom is -0.337 e. The van der Waals surface area contributed by atoms with Gasteiger partial charge in [-0.25, -0.2) is 0 Å². The van der Waals surface area contributed by atoms with Gasteiger partial charge in [-0.1, -0.05) is 47.5 Å². The third-order valence-corrected chi connectivity index (χ3v) is 3.08. The molecule has 0 heterocycles. The Morgan fingerprint density at radius 3 is 2.16 bits per heavy atom. The summed E-state index contributed by atoms with van der Waals surface area (Å²) in [5, 5.41) is 0. The number of nitrogens with zero attached hydrogens (tertiary/aromatic N) is 1. The molecule has 0 aliphatic heterocycles. The first-order valence-electron chi connectivity index (χ1n) is 6.44. The molecule has 1 amide bonds. The summed E-state index contributed by atoms with van der Waals surface area (Å²) in [5.74, 6) is 0.0654. The number of hydrogen-bond acceptors (Lipinski definition) is 1. The van der Waals surface area contributed by atoms with Crippen molar-refractivity contribution in [2.75, 3.05) is 7.05 Å². The Morgan fingerprint density at radius 2 is 1.58 bits per heavy atom. The predicted molar refractivity (Wildman–Crippen MR) is 78.2 cm³/mol. The van der Waals surface area contributed by atoms with E-state index in [1.54, 1.807) is 4.90 Å². The largest absolute Gasteiger partial charge is 0.337 e. The van der Waals surface area contributed by atoms with Gasteiger partial charge in [0.1, 0.15) is 0 Å². The van der Waals surface area contributed by atoms with E-state index in [9.17, 15) is 4.79 Å². The summed E-state index contributed by atoms with van der Waals surface area (Å²) < 4.78 is 0. The zero-order chi connectivity index (χ0) is 13.8. The summed E-state index contributed by atoms with van der Waals surface area (Å²) in [6.07, 6.45) is 0. The molecule has 0 fully saturated rings. The molecule has 0 radical (unpaired) electrons. The third-order valence-electron chi connectivity index (χ3n) is 3.08. The van der Waals surface area contributed by atoms with Gasteiger partial charge in [-0.15, -0.1) is 0 Å². The van der Waals surface area contributed by atoms with Crippen molar-refractivity contribution in [3.8, 4) is 0 Å². The number of amides is 1. The molecule has 0 aliphatic carbocycles. The van der Waals surface area contributed by atoms with Gasteiger partial charge in [-0.05, 0) is 31.5 Å². The van der Waals surface area contributed by atoms with Crippen molar-refractivity contribution in [2.24, 2.45) is 0 Å². The van der Waals surface area contributed by atoms with Crippen LogP contribution >= 0.6 is 0 Å². The van der Waals surface area contributed by atoms with Gasteiger partial charge in [0.25, 0.3) is 5.91 Å². The molecule has 0 spiro atoms. The molecule has 2 heteroatoms. The van der Waals surface area contributed by atoms with Crippen LogP contribution in [0.4, 0.5) is 0 Å². The molecular formula is C17H19NO. The molecule has 0 unspecified atom stereocenters. The van der Waals surface area contributed by atoms with Crippen LogP contribution in [0.15, 0.2) is 48.5 Å². The molecule has 19 heavy (non-hydrogen) atoms. The number of benzene rings is 2. The number of aryl methyl sites for hydroxylation is 2. The minimum absolute atomic E-state index is 0.0654. The van der Waals surface area contributed by atoms with E-state index in [0.29, 0.717) is 6.54 Å². The molecule has 0 N–H and O–H groups in total. The summed E-state index contributed by atoms with van der Waals surface area (Å²) in [6, 6.07) is 16.0. The van der Waals surface area contributed by atoms with Gasteiger partial charge in [-0.2, -0.15) is 0 Å². The number of rotatable bonds is 3. The molecule has 2 aromatic carbocycles. The zero-order valence-electron chi connectivity index (χ0n) is 11.7. The molecular weight excluding hydrogens is 234 g/mol. The molecule has 2 nitrogen and oxygen atoms in total. The number of carbonyl (C=O) groups is 1. The van der Waals surface area contributed by atoms with Crippen molar-refractivity contribution in [3.05, 3.63) is 70.8 Å². The Kier molecular flexibility index (Phi) is 4.00. The van der Waals surface area contributed by atoms with Crippen molar-refractivity contribution in [2.45, 2.75) is 20.4 Å². The number of hydrogen-bond donors (Lipinski definition) is 0. The van der Waals surface area contributed by atoms with E-state index in [2.05, 4.69) is 6.07 Å². The second-order valence-electron chi connectivity index (χ2n) is 5.02. The summed E-state index contributed by atoms with van der Waals surface area (Å²) in [5.41, 5.74) is 4.14. The lowest BCUT2D eigenvalue weighted by molar-refractivity contribution is 0.0785. The van der Waals surface area contributed by atoms with Crippen LogP contribution in [0, 0.1) is 13.8 Å². The lowest BCUT2D eigenvalue weighted by Gasteiger charge is -2.18. The fraction of sp³-hybridized carbons (Fsp3) is 0.235. The van der Waals surface area contributed by atoms with Crippen LogP contribution in [0.25, 0.3) is 0 Å².